The lowest BCUT2D eigenvalue weighted by Crippen LogP contribution is -2.82. The largest absolute Gasteiger partial charge is 0.532 e. The first-order valence-corrected chi connectivity index (χ1v) is 14.1. The summed E-state index contributed by atoms with van der Waals surface area (Å²) in [5.41, 5.74) is -1.67. The zero-order valence-electron chi connectivity index (χ0n) is 26.1. The van der Waals surface area contributed by atoms with Crippen molar-refractivity contribution in [1.29, 1.82) is 0 Å². The van der Waals surface area contributed by atoms with Crippen LogP contribution in [0, 0.1) is 17.8 Å². The van der Waals surface area contributed by atoms with Crippen LogP contribution in [0.15, 0.2) is 0 Å². The Morgan fingerprint density at radius 3 is 1.98 bits per heavy atom. The van der Waals surface area contributed by atoms with E-state index >= 15 is 0 Å². The van der Waals surface area contributed by atoms with Crippen molar-refractivity contribution in [3.05, 3.63) is 0 Å². The summed E-state index contributed by atoms with van der Waals surface area (Å²) in [6.07, 6.45) is 0.151. The molecule has 0 aromatic heterocycles. The van der Waals surface area contributed by atoms with Crippen molar-refractivity contribution in [2.24, 2.45) is 17.8 Å². The van der Waals surface area contributed by atoms with Crippen LogP contribution >= 0.6 is 0 Å². The molecule has 1 fully saturated rings. The molecule has 1 aliphatic carbocycles. The van der Waals surface area contributed by atoms with Crippen molar-refractivity contribution in [3.8, 4) is 0 Å². The number of nitrogens with zero attached hydrogens (tertiary/aromatic N) is 2. The molecule has 230 valence electrons. The molecule has 5 atom stereocenters. The van der Waals surface area contributed by atoms with Crippen LogP contribution in [0.1, 0.15) is 88.5 Å². The van der Waals surface area contributed by atoms with Crippen molar-refractivity contribution in [1.82, 2.24) is 15.3 Å². The SMILES string of the molecule is CCOC(=O)[C@H]1C[C@@H]([NH+]=CN(C(=O)OC(C)(C)C)N(C)C(=O)OC(C)(C)C)[C@H]([C@@H](NC(C)=O)C(CC)CC)[C@@H]1O. The molecule has 0 saturated heterocycles. The van der Waals surface area contributed by atoms with Gasteiger partial charge in [-0.3, -0.25) is 14.6 Å². The van der Waals surface area contributed by atoms with Gasteiger partial charge < -0.3 is 24.6 Å². The Morgan fingerprint density at radius 2 is 1.52 bits per heavy atom. The van der Waals surface area contributed by atoms with Gasteiger partial charge >= 0.3 is 18.2 Å². The Labute approximate surface area is 238 Å². The van der Waals surface area contributed by atoms with Crippen molar-refractivity contribution >= 4 is 30.4 Å². The van der Waals surface area contributed by atoms with Crippen LogP contribution in [0.2, 0.25) is 0 Å². The Kier molecular flexibility index (Phi) is 12.9. The molecule has 0 unspecified atom stereocenters. The van der Waals surface area contributed by atoms with Crippen LogP contribution in [0.5, 0.6) is 0 Å². The number of esters is 1. The molecule has 0 aromatic carbocycles. The number of hydrazine groups is 1. The van der Waals surface area contributed by atoms with Gasteiger partial charge in [0, 0.05) is 25.3 Å². The van der Waals surface area contributed by atoms with E-state index in [0.29, 0.717) is 0 Å². The number of hydrogen-bond donors (Lipinski definition) is 3. The Morgan fingerprint density at radius 1 is 1.00 bits per heavy atom. The maximum atomic E-state index is 13.2. The third kappa shape index (κ3) is 10.3. The lowest BCUT2D eigenvalue weighted by Gasteiger charge is -2.34. The number of carbonyl (C=O) groups is 4. The monoisotopic (exact) mass is 571 g/mol. The van der Waals surface area contributed by atoms with Gasteiger partial charge in [-0.1, -0.05) is 31.7 Å². The van der Waals surface area contributed by atoms with E-state index in [4.69, 9.17) is 14.2 Å². The molecule has 0 spiro atoms. The molecule has 12 heteroatoms. The molecule has 0 heterocycles. The van der Waals surface area contributed by atoms with Gasteiger partial charge in [0.15, 0.2) is 0 Å². The number of amides is 3. The van der Waals surface area contributed by atoms with Gasteiger partial charge in [0.25, 0.3) is 6.34 Å². The van der Waals surface area contributed by atoms with Gasteiger partial charge in [0.2, 0.25) is 5.91 Å². The minimum absolute atomic E-state index is 0.0141. The summed E-state index contributed by atoms with van der Waals surface area (Å²) in [6.45, 7) is 17.5. The van der Waals surface area contributed by atoms with Crippen molar-refractivity contribution in [2.45, 2.75) is 118 Å². The van der Waals surface area contributed by atoms with E-state index in [2.05, 4.69) is 10.3 Å². The first-order chi connectivity index (χ1) is 18.4. The number of hydrogen-bond acceptors (Lipinski definition) is 8. The summed E-state index contributed by atoms with van der Waals surface area (Å²) in [6, 6.07) is -1.04. The Bertz CT molecular complexity index is 907. The predicted molar refractivity (Wildman–Crippen MR) is 149 cm³/mol. The Hall–Kier alpha value is -2.89. The molecule has 3 N–H and O–H groups in total. The molecule has 1 saturated carbocycles. The summed E-state index contributed by atoms with van der Waals surface area (Å²) >= 11 is 0. The fourth-order valence-electron chi connectivity index (χ4n) is 4.92. The van der Waals surface area contributed by atoms with E-state index in [1.54, 1.807) is 48.5 Å². The van der Waals surface area contributed by atoms with Gasteiger partial charge in [0.05, 0.1) is 25.7 Å². The van der Waals surface area contributed by atoms with Crippen LogP contribution in [-0.2, 0) is 23.8 Å². The summed E-state index contributed by atoms with van der Waals surface area (Å²) < 4.78 is 16.2. The average Bonchev–Trinajstić information content (AvgIpc) is 3.12. The van der Waals surface area contributed by atoms with E-state index in [0.717, 1.165) is 22.9 Å². The van der Waals surface area contributed by atoms with Crippen LogP contribution in [0.25, 0.3) is 0 Å². The fraction of sp³-hybridized carbons (Fsp3) is 0.821. The van der Waals surface area contributed by atoms with Gasteiger partial charge in [-0.05, 0) is 54.4 Å². The molecular formula is C28H51N4O8+. The van der Waals surface area contributed by atoms with Gasteiger partial charge in [-0.2, -0.15) is 4.79 Å². The van der Waals surface area contributed by atoms with E-state index < -0.39 is 59.4 Å². The fourth-order valence-corrected chi connectivity index (χ4v) is 4.92. The topological polar surface area (TPSA) is 149 Å². The highest BCUT2D eigenvalue weighted by atomic mass is 16.6. The lowest BCUT2D eigenvalue weighted by atomic mass is 9.80. The maximum Gasteiger partial charge on any atom is 0.532 e. The van der Waals surface area contributed by atoms with E-state index in [1.807, 2.05) is 13.8 Å². The Balaban J connectivity index is 3.57. The third-order valence-electron chi connectivity index (χ3n) is 6.68. The third-order valence-corrected chi connectivity index (χ3v) is 6.68. The molecule has 0 aliphatic heterocycles. The molecule has 12 nitrogen and oxygen atoms in total. The number of ether oxygens (including phenoxy) is 3. The predicted octanol–water partition coefficient (Wildman–Crippen LogP) is 1.98. The molecular weight excluding hydrogens is 520 g/mol. The van der Waals surface area contributed by atoms with E-state index in [1.165, 1.54) is 20.3 Å². The van der Waals surface area contributed by atoms with Gasteiger partial charge in [-0.15, -0.1) is 5.01 Å². The second-order valence-electron chi connectivity index (χ2n) is 12.2. The van der Waals surface area contributed by atoms with Crippen LogP contribution in [-0.4, -0.2) is 88.6 Å². The normalized spacial score (nSPS) is 22.1. The molecule has 3 amide bonds. The summed E-state index contributed by atoms with van der Waals surface area (Å²) in [5, 5.41) is 16.3. The summed E-state index contributed by atoms with van der Waals surface area (Å²) in [4.78, 5) is 54.1. The molecule has 0 bridgehead atoms. The highest BCUT2D eigenvalue weighted by molar-refractivity contribution is 5.84. The smallest absolute Gasteiger partial charge is 0.466 e. The number of nitrogens with one attached hydrogen (secondary N) is 2. The van der Waals surface area contributed by atoms with Gasteiger partial charge in [0.1, 0.15) is 17.2 Å². The maximum absolute atomic E-state index is 13.2. The first-order valence-electron chi connectivity index (χ1n) is 14.1. The first kappa shape index (κ1) is 35.1. The minimum Gasteiger partial charge on any atom is -0.466 e. The molecule has 40 heavy (non-hydrogen) atoms. The van der Waals surface area contributed by atoms with Crippen molar-refractivity contribution < 1.29 is 43.5 Å². The quantitative estimate of drug-likeness (QED) is 0.125. The highest BCUT2D eigenvalue weighted by Gasteiger charge is 2.52. The zero-order valence-corrected chi connectivity index (χ0v) is 26.1. The van der Waals surface area contributed by atoms with Crippen molar-refractivity contribution in [3.63, 3.8) is 0 Å². The van der Waals surface area contributed by atoms with Crippen LogP contribution < -0.4 is 10.3 Å². The second kappa shape index (κ2) is 14.7. The number of rotatable bonds is 9. The standard InChI is InChI=1S/C28H50N4O8/c1-12-18(13-2)22(30-17(4)33)21-20(15-19(23(21)34)24(35)38-14-3)29-16-32(26(37)40-28(8,9)10)31(11)25(36)39-27(5,6)7/h16,18-23,34H,12-15H2,1-11H3,(H,30,33)/p+1/t19-,20+,21+,22-,23+/m0/s1. The van der Waals surface area contributed by atoms with Crippen LogP contribution in [0.3, 0.4) is 0 Å². The number of aliphatic hydroxyl groups is 1. The number of carbonyl (C=O) groups excluding carboxylic acids is 4. The zero-order chi connectivity index (χ0) is 31.0. The summed E-state index contributed by atoms with van der Waals surface area (Å²) in [5.74, 6) is -2.23. The van der Waals surface area contributed by atoms with Crippen molar-refractivity contribution in [2.75, 3.05) is 13.7 Å². The number of aliphatic hydroxyl groups excluding tert-OH is 1. The molecule has 1 rings (SSSR count). The van der Waals surface area contributed by atoms with Gasteiger partial charge in [-0.25, -0.2) is 4.79 Å². The highest BCUT2D eigenvalue weighted by Crippen LogP contribution is 2.36. The van der Waals surface area contributed by atoms with E-state index in [-0.39, 0.29) is 24.9 Å². The summed E-state index contributed by atoms with van der Waals surface area (Å²) in [7, 11) is 1.36. The molecule has 0 radical (unpaired) electrons. The second-order valence-corrected chi connectivity index (χ2v) is 12.2. The van der Waals surface area contributed by atoms with E-state index in [9.17, 15) is 24.3 Å². The molecule has 1 aliphatic rings. The minimum atomic E-state index is -1.12. The van der Waals surface area contributed by atoms with Crippen LogP contribution in [0.4, 0.5) is 9.59 Å². The lowest BCUT2D eigenvalue weighted by molar-refractivity contribution is -0.513. The average molecular weight is 572 g/mol. The molecule has 0 aromatic rings.